The van der Waals surface area contributed by atoms with Crippen molar-refractivity contribution < 1.29 is 50.0 Å². The van der Waals surface area contributed by atoms with E-state index in [1.165, 1.54) is 96.0 Å². The standard InChI is InChI=1S/C41H79NO10/c1-4-6-8-10-12-13-14-15-16-18-20-22-28-35(46)40(50)42-32(30-51-41-39(49)38(48)37(47)36(29-43)52-41)34(45)27-24-23-26-33(44)31(3)25-21-19-17-11-9-7-5-2/h24,27,31-39,41,43-49H,4-23,25-26,28-30H2,1-3H3,(H,42,50)/b27-24+/t31-,32+,33+,34-,35-,36-,37-,38+,39-,41-/m1/s1. The summed E-state index contributed by atoms with van der Waals surface area (Å²) in [7, 11) is 0. The first-order valence-electron chi connectivity index (χ1n) is 21.0. The number of aliphatic hydroxyl groups is 7. The largest absolute Gasteiger partial charge is 0.394 e. The van der Waals surface area contributed by atoms with E-state index in [9.17, 15) is 40.5 Å². The molecular formula is C41H79NO10. The fourth-order valence-corrected chi connectivity index (χ4v) is 6.76. The number of allylic oxidation sites excluding steroid dienone is 1. The molecule has 308 valence electrons. The second kappa shape index (κ2) is 31.1. The van der Waals surface area contributed by atoms with Gasteiger partial charge in [-0.15, -0.1) is 0 Å². The Hall–Kier alpha value is -1.15. The highest BCUT2D eigenvalue weighted by Gasteiger charge is 2.44. The molecule has 52 heavy (non-hydrogen) atoms. The predicted octanol–water partition coefficient (Wildman–Crippen LogP) is 5.57. The number of carbonyl (C=O) groups is 1. The van der Waals surface area contributed by atoms with Gasteiger partial charge in [0.25, 0.3) is 0 Å². The number of ether oxygens (including phenoxy) is 2. The molecule has 0 unspecified atom stereocenters. The molecular weight excluding hydrogens is 666 g/mol. The summed E-state index contributed by atoms with van der Waals surface area (Å²) in [4.78, 5) is 13.0. The number of unbranched alkanes of at least 4 members (excludes halogenated alkanes) is 17. The lowest BCUT2D eigenvalue weighted by Crippen LogP contribution is -2.60. The normalized spacial score (nSPS) is 23.8. The minimum Gasteiger partial charge on any atom is -0.394 e. The second-order valence-corrected chi connectivity index (χ2v) is 15.3. The van der Waals surface area contributed by atoms with E-state index in [1.807, 2.05) is 0 Å². The lowest BCUT2D eigenvalue weighted by atomic mass is 9.94. The van der Waals surface area contributed by atoms with Gasteiger partial charge in [-0.25, -0.2) is 0 Å². The zero-order valence-corrected chi connectivity index (χ0v) is 33.0. The molecule has 11 nitrogen and oxygen atoms in total. The van der Waals surface area contributed by atoms with Crippen molar-refractivity contribution in [3.05, 3.63) is 12.2 Å². The molecule has 1 fully saturated rings. The van der Waals surface area contributed by atoms with Gasteiger partial charge in [-0.3, -0.25) is 4.79 Å². The van der Waals surface area contributed by atoms with Crippen LogP contribution in [0.2, 0.25) is 0 Å². The van der Waals surface area contributed by atoms with Crippen LogP contribution < -0.4 is 5.32 Å². The molecule has 11 heteroatoms. The molecule has 1 aliphatic rings. The number of hydrogen-bond donors (Lipinski definition) is 8. The van der Waals surface area contributed by atoms with Crippen LogP contribution in [0.4, 0.5) is 0 Å². The number of amides is 1. The number of rotatable bonds is 33. The topological polar surface area (TPSA) is 189 Å². The van der Waals surface area contributed by atoms with E-state index in [-0.39, 0.29) is 18.9 Å². The van der Waals surface area contributed by atoms with E-state index >= 15 is 0 Å². The Labute approximate surface area is 315 Å². The maximum absolute atomic E-state index is 13.0. The van der Waals surface area contributed by atoms with Gasteiger partial charge < -0.3 is 50.5 Å². The molecule has 1 aliphatic heterocycles. The molecule has 0 spiro atoms. The van der Waals surface area contributed by atoms with Crippen LogP contribution in [0.3, 0.4) is 0 Å². The first-order valence-corrected chi connectivity index (χ1v) is 21.0. The van der Waals surface area contributed by atoms with Crippen LogP contribution in [0.15, 0.2) is 12.2 Å². The Morgan fingerprint density at radius 1 is 0.712 bits per heavy atom. The van der Waals surface area contributed by atoms with Gasteiger partial charge in [0.1, 0.15) is 30.5 Å². The first kappa shape index (κ1) is 48.9. The van der Waals surface area contributed by atoms with Crippen molar-refractivity contribution in [3.8, 4) is 0 Å². The van der Waals surface area contributed by atoms with E-state index in [4.69, 9.17) is 9.47 Å². The van der Waals surface area contributed by atoms with Crippen molar-refractivity contribution >= 4 is 5.91 Å². The summed E-state index contributed by atoms with van der Waals surface area (Å²) in [6.45, 7) is 5.52. The average Bonchev–Trinajstić information content (AvgIpc) is 3.14. The van der Waals surface area contributed by atoms with Crippen LogP contribution in [0, 0.1) is 5.92 Å². The van der Waals surface area contributed by atoms with Gasteiger partial charge in [-0.05, 0) is 31.6 Å². The van der Waals surface area contributed by atoms with E-state index < -0.39 is 67.6 Å². The van der Waals surface area contributed by atoms with Crippen LogP contribution in [0.1, 0.15) is 168 Å². The Morgan fingerprint density at radius 3 is 1.73 bits per heavy atom. The van der Waals surface area contributed by atoms with Crippen molar-refractivity contribution in [3.63, 3.8) is 0 Å². The lowest BCUT2D eigenvalue weighted by Gasteiger charge is -2.40. The fraction of sp³-hybridized carbons (Fsp3) is 0.927. The van der Waals surface area contributed by atoms with Crippen molar-refractivity contribution in [1.29, 1.82) is 0 Å². The predicted molar refractivity (Wildman–Crippen MR) is 206 cm³/mol. The van der Waals surface area contributed by atoms with Gasteiger partial charge >= 0.3 is 0 Å². The lowest BCUT2D eigenvalue weighted by molar-refractivity contribution is -0.302. The zero-order chi connectivity index (χ0) is 38.6. The molecule has 1 rings (SSSR count). The van der Waals surface area contributed by atoms with Crippen molar-refractivity contribution in [2.75, 3.05) is 13.2 Å². The molecule has 0 aromatic rings. The van der Waals surface area contributed by atoms with Crippen LogP contribution in [-0.4, -0.2) is 110 Å². The molecule has 1 saturated heterocycles. The van der Waals surface area contributed by atoms with E-state index in [0.29, 0.717) is 19.3 Å². The fourth-order valence-electron chi connectivity index (χ4n) is 6.76. The third-order valence-electron chi connectivity index (χ3n) is 10.5. The number of hydrogen-bond acceptors (Lipinski definition) is 10. The van der Waals surface area contributed by atoms with Crippen LogP contribution in [0.5, 0.6) is 0 Å². The third-order valence-corrected chi connectivity index (χ3v) is 10.5. The number of aliphatic hydroxyl groups excluding tert-OH is 7. The Morgan fingerprint density at radius 2 is 1.21 bits per heavy atom. The quantitative estimate of drug-likeness (QED) is 0.0311. The molecule has 1 amide bonds. The number of nitrogens with one attached hydrogen (secondary N) is 1. The van der Waals surface area contributed by atoms with E-state index in [0.717, 1.165) is 32.1 Å². The van der Waals surface area contributed by atoms with Crippen LogP contribution in [-0.2, 0) is 14.3 Å². The summed E-state index contributed by atoms with van der Waals surface area (Å²) >= 11 is 0. The first-order chi connectivity index (χ1) is 25.1. The summed E-state index contributed by atoms with van der Waals surface area (Å²) in [5.74, 6) is -0.493. The monoisotopic (exact) mass is 746 g/mol. The highest BCUT2D eigenvalue weighted by Crippen LogP contribution is 2.23. The van der Waals surface area contributed by atoms with Gasteiger partial charge in [-0.1, -0.05) is 155 Å². The summed E-state index contributed by atoms with van der Waals surface area (Å²) in [5, 5.41) is 75.1. The van der Waals surface area contributed by atoms with Gasteiger partial charge in [0.15, 0.2) is 6.29 Å². The van der Waals surface area contributed by atoms with Gasteiger partial charge in [0.2, 0.25) is 5.91 Å². The Bertz CT molecular complexity index is 877. The maximum atomic E-state index is 13.0. The molecule has 0 aromatic heterocycles. The summed E-state index contributed by atoms with van der Waals surface area (Å²) in [6, 6.07) is -1.05. The van der Waals surface area contributed by atoms with Crippen LogP contribution in [0.25, 0.3) is 0 Å². The molecule has 0 saturated carbocycles. The number of carbonyl (C=O) groups excluding carboxylic acids is 1. The minimum atomic E-state index is -1.64. The van der Waals surface area contributed by atoms with Crippen LogP contribution >= 0.6 is 0 Å². The highest BCUT2D eigenvalue weighted by molar-refractivity contribution is 5.80. The smallest absolute Gasteiger partial charge is 0.249 e. The summed E-state index contributed by atoms with van der Waals surface area (Å²) in [6.07, 6.45) is 17.8. The second-order valence-electron chi connectivity index (χ2n) is 15.3. The molecule has 0 radical (unpaired) electrons. The van der Waals surface area contributed by atoms with E-state index in [2.05, 4.69) is 26.1 Å². The van der Waals surface area contributed by atoms with Crippen molar-refractivity contribution in [2.24, 2.45) is 5.92 Å². The highest BCUT2D eigenvalue weighted by atomic mass is 16.7. The van der Waals surface area contributed by atoms with Gasteiger partial charge in [0, 0.05) is 0 Å². The summed E-state index contributed by atoms with van der Waals surface area (Å²) in [5.41, 5.74) is 0. The molecule has 10 atom stereocenters. The zero-order valence-electron chi connectivity index (χ0n) is 33.0. The Kier molecular flexibility index (Phi) is 29.2. The summed E-state index contributed by atoms with van der Waals surface area (Å²) < 4.78 is 11.1. The van der Waals surface area contributed by atoms with Crippen molar-refractivity contribution in [1.82, 2.24) is 5.32 Å². The van der Waals surface area contributed by atoms with Gasteiger partial charge in [0.05, 0.1) is 31.5 Å². The molecule has 1 heterocycles. The van der Waals surface area contributed by atoms with Gasteiger partial charge in [-0.2, -0.15) is 0 Å². The third kappa shape index (κ3) is 21.7. The Balaban J connectivity index is 2.60. The molecule has 0 aromatic carbocycles. The molecule has 8 N–H and O–H groups in total. The molecule has 0 bridgehead atoms. The SMILES string of the molecule is CCCCCCCCCCCCCC[C@@H](O)C(=O)N[C@@H](CO[C@@H]1O[C@H](CO)[C@@H](O)[C@H](O)[C@H]1O)[C@H](O)/C=C/CC[C@H](O)[C@H](C)CCCCCCCCC. The minimum absolute atomic E-state index is 0.166. The molecule has 0 aliphatic carbocycles. The van der Waals surface area contributed by atoms with Crippen molar-refractivity contribution in [2.45, 2.75) is 224 Å². The average molecular weight is 746 g/mol. The maximum Gasteiger partial charge on any atom is 0.249 e. The van der Waals surface area contributed by atoms with E-state index in [1.54, 1.807) is 6.08 Å².